The van der Waals surface area contributed by atoms with Crippen molar-refractivity contribution in [2.45, 2.75) is 13.3 Å². The molecule has 0 saturated heterocycles. The van der Waals surface area contributed by atoms with Crippen LogP contribution < -0.4 is 5.32 Å². The predicted octanol–water partition coefficient (Wildman–Crippen LogP) is 0.769. The van der Waals surface area contributed by atoms with Gasteiger partial charge in [-0.15, -0.1) is 0 Å². The Morgan fingerprint density at radius 2 is 2.55 bits per heavy atom. The predicted molar refractivity (Wildman–Crippen MR) is 42.1 cm³/mol. The first-order valence-corrected chi connectivity index (χ1v) is 3.52. The van der Waals surface area contributed by atoms with E-state index in [2.05, 4.69) is 10.4 Å². The quantitative estimate of drug-likeness (QED) is 0.682. The average molecular weight is 153 g/mol. The summed E-state index contributed by atoms with van der Waals surface area (Å²) in [6.45, 7) is 1.81. The molecule has 4 nitrogen and oxygen atoms in total. The maximum atomic E-state index is 10.9. The Labute approximate surface area is 65.2 Å². The van der Waals surface area contributed by atoms with E-state index in [9.17, 15) is 4.79 Å². The largest absolute Gasteiger partial charge is 0.311 e. The van der Waals surface area contributed by atoms with Crippen LogP contribution in [0.2, 0.25) is 0 Å². The SMILES string of the molecule is CCC(=O)Nc1ccnn1C. The maximum absolute atomic E-state index is 10.9. The zero-order chi connectivity index (χ0) is 8.27. The molecule has 0 bridgehead atoms. The molecule has 0 saturated carbocycles. The summed E-state index contributed by atoms with van der Waals surface area (Å²) in [4.78, 5) is 10.9. The number of nitrogens with zero attached hydrogens (tertiary/aromatic N) is 2. The van der Waals surface area contributed by atoms with Crippen molar-refractivity contribution in [3.8, 4) is 0 Å². The van der Waals surface area contributed by atoms with E-state index in [1.807, 2.05) is 6.92 Å². The molecule has 1 heterocycles. The normalized spacial score (nSPS) is 9.64. The lowest BCUT2D eigenvalue weighted by molar-refractivity contribution is -0.115. The highest BCUT2D eigenvalue weighted by Gasteiger charge is 2.00. The third-order valence-corrected chi connectivity index (χ3v) is 1.41. The fourth-order valence-corrected chi connectivity index (χ4v) is 0.728. The molecule has 0 aliphatic carbocycles. The van der Waals surface area contributed by atoms with Crippen LogP contribution in [0.5, 0.6) is 0 Å². The van der Waals surface area contributed by atoms with E-state index < -0.39 is 0 Å². The lowest BCUT2D eigenvalue weighted by atomic mass is 10.4. The van der Waals surface area contributed by atoms with Crippen molar-refractivity contribution < 1.29 is 4.79 Å². The molecule has 1 amide bonds. The first-order valence-electron chi connectivity index (χ1n) is 3.52. The number of anilines is 1. The summed E-state index contributed by atoms with van der Waals surface area (Å²) in [6.07, 6.45) is 2.14. The number of hydrogen-bond acceptors (Lipinski definition) is 2. The summed E-state index contributed by atoms with van der Waals surface area (Å²) in [7, 11) is 1.78. The van der Waals surface area contributed by atoms with Crippen molar-refractivity contribution in [2.75, 3.05) is 5.32 Å². The third-order valence-electron chi connectivity index (χ3n) is 1.41. The van der Waals surface area contributed by atoms with E-state index in [1.54, 1.807) is 24.0 Å². The summed E-state index contributed by atoms with van der Waals surface area (Å²) in [6, 6.07) is 1.76. The third kappa shape index (κ3) is 1.80. The van der Waals surface area contributed by atoms with Gasteiger partial charge in [0, 0.05) is 19.5 Å². The van der Waals surface area contributed by atoms with Crippen LogP contribution in [0.15, 0.2) is 12.3 Å². The van der Waals surface area contributed by atoms with Crippen LogP contribution in [0.1, 0.15) is 13.3 Å². The van der Waals surface area contributed by atoms with Crippen LogP contribution >= 0.6 is 0 Å². The molecule has 0 unspecified atom stereocenters. The first kappa shape index (κ1) is 7.78. The number of aromatic nitrogens is 2. The number of carbonyl (C=O) groups excluding carboxylic acids is 1. The van der Waals surface area contributed by atoms with Gasteiger partial charge in [0.25, 0.3) is 0 Å². The van der Waals surface area contributed by atoms with E-state index in [-0.39, 0.29) is 5.91 Å². The Kier molecular flexibility index (Phi) is 2.25. The first-order chi connectivity index (χ1) is 5.24. The van der Waals surface area contributed by atoms with Gasteiger partial charge in [-0.2, -0.15) is 5.10 Å². The van der Waals surface area contributed by atoms with Crippen molar-refractivity contribution in [1.82, 2.24) is 9.78 Å². The molecule has 11 heavy (non-hydrogen) atoms. The average Bonchev–Trinajstić information content (AvgIpc) is 2.37. The molecule has 1 aromatic heterocycles. The van der Waals surface area contributed by atoms with Crippen LogP contribution in [-0.4, -0.2) is 15.7 Å². The molecule has 0 aromatic carbocycles. The van der Waals surface area contributed by atoms with Gasteiger partial charge in [0.2, 0.25) is 5.91 Å². The lowest BCUT2D eigenvalue weighted by Crippen LogP contribution is -2.12. The molecular weight excluding hydrogens is 142 g/mol. The van der Waals surface area contributed by atoms with Crippen molar-refractivity contribution in [2.24, 2.45) is 7.05 Å². The lowest BCUT2D eigenvalue weighted by Gasteiger charge is -2.01. The van der Waals surface area contributed by atoms with Crippen LogP contribution in [0.4, 0.5) is 5.82 Å². The van der Waals surface area contributed by atoms with E-state index in [1.165, 1.54) is 0 Å². The summed E-state index contributed by atoms with van der Waals surface area (Å²) < 4.78 is 1.62. The second-order valence-corrected chi connectivity index (χ2v) is 2.24. The second kappa shape index (κ2) is 3.18. The summed E-state index contributed by atoms with van der Waals surface area (Å²) in [5.41, 5.74) is 0. The fraction of sp³-hybridized carbons (Fsp3) is 0.429. The van der Waals surface area contributed by atoms with Gasteiger partial charge < -0.3 is 5.32 Å². The topological polar surface area (TPSA) is 46.9 Å². The van der Waals surface area contributed by atoms with Crippen LogP contribution in [0.25, 0.3) is 0 Å². The van der Waals surface area contributed by atoms with Gasteiger partial charge in [0.1, 0.15) is 5.82 Å². The molecule has 0 spiro atoms. The van der Waals surface area contributed by atoms with E-state index in [4.69, 9.17) is 0 Å². The molecule has 0 aliphatic heterocycles. The smallest absolute Gasteiger partial charge is 0.225 e. The summed E-state index contributed by atoms with van der Waals surface area (Å²) in [5, 5.41) is 6.61. The van der Waals surface area contributed by atoms with Gasteiger partial charge in [0.05, 0.1) is 6.20 Å². The number of carbonyl (C=O) groups is 1. The molecule has 0 radical (unpaired) electrons. The van der Waals surface area contributed by atoms with E-state index in [0.29, 0.717) is 6.42 Å². The van der Waals surface area contributed by atoms with Gasteiger partial charge in [-0.05, 0) is 0 Å². The standard InChI is InChI=1S/C7H11N3O/c1-3-7(11)9-6-4-5-8-10(6)2/h4-5H,3H2,1-2H3,(H,9,11). The molecule has 1 rings (SSSR count). The monoisotopic (exact) mass is 153 g/mol. The molecule has 0 aliphatic rings. The summed E-state index contributed by atoms with van der Waals surface area (Å²) in [5.74, 6) is 0.741. The van der Waals surface area contributed by atoms with Gasteiger partial charge in [-0.25, -0.2) is 0 Å². The molecular formula is C7H11N3O. The highest BCUT2D eigenvalue weighted by atomic mass is 16.1. The highest BCUT2D eigenvalue weighted by molar-refractivity contribution is 5.89. The van der Waals surface area contributed by atoms with Crippen molar-refractivity contribution in [1.29, 1.82) is 0 Å². The van der Waals surface area contributed by atoms with Gasteiger partial charge in [-0.1, -0.05) is 6.92 Å². The molecule has 0 fully saturated rings. The Morgan fingerprint density at radius 3 is 3.00 bits per heavy atom. The van der Waals surface area contributed by atoms with Crippen LogP contribution in [-0.2, 0) is 11.8 Å². The number of nitrogens with one attached hydrogen (secondary N) is 1. The maximum Gasteiger partial charge on any atom is 0.225 e. The number of aryl methyl sites for hydroxylation is 1. The van der Waals surface area contributed by atoms with Crippen molar-refractivity contribution in [3.05, 3.63) is 12.3 Å². The number of rotatable bonds is 2. The summed E-state index contributed by atoms with van der Waals surface area (Å²) >= 11 is 0. The van der Waals surface area contributed by atoms with Gasteiger partial charge in [-0.3, -0.25) is 9.48 Å². The molecule has 1 N–H and O–H groups in total. The number of amides is 1. The van der Waals surface area contributed by atoms with E-state index >= 15 is 0 Å². The Bertz CT molecular complexity index is 254. The molecule has 4 heteroatoms. The van der Waals surface area contributed by atoms with Crippen molar-refractivity contribution in [3.63, 3.8) is 0 Å². The highest BCUT2D eigenvalue weighted by Crippen LogP contribution is 2.02. The molecule has 0 atom stereocenters. The minimum Gasteiger partial charge on any atom is -0.311 e. The zero-order valence-electron chi connectivity index (χ0n) is 6.66. The molecule has 1 aromatic rings. The Balaban J connectivity index is 2.64. The molecule has 60 valence electrons. The Morgan fingerprint density at radius 1 is 1.82 bits per heavy atom. The second-order valence-electron chi connectivity index (χ2n) is 2.24. The van der Waals surface area contributed by atoms with Gasteiger partial charge in [0.15, 0.2) is 0 Å². The minimum atomic E-state index is 0.00796. The fourth-order valence-electron chi connectivity index (χ4n) is 0.728. The van der Waals surface area contributed by atoms with Crippen LogP contribution in [0, 0.1) is 0 Å². The zero-order valence-corrected chi connectivity index (χ0v) is 6.66. The van der Waals surface area contributed by atoms with Crippen molar-refractivity contribution >= 4 is 11.7 Å². The minimum absolute atomic E-state index is 0.00796. The van der Waals surface area contributed by atoms with Gasteiger partial charge >= 0.3 is 0 Å². The number of hydrogen-bond donors (Lipinski definition) is 1. The van der Waals surface area contributed by atoms with E-state index in [0.717, 1.165) is 5.82 Å². The van der Waals surface area contributed by atoms with Crippen LogP contribution in [0.3, 0.4) is 0 Å². The Hall–Kier alpha value is -1.32.